The second kappa shape index (κ2) is 5.31. The fourth-order valence-corrected chi connectivity index (χ4v) is 2.04. The molecule has 1 aliphatic heterocycles. The number of hydrogen-bond acceptors (Lipinski definition) is 2. The molecule has 0 aromatic carbocycles. The van der Waals surface area contributed by atoms with Crippen LogP contribution in [0.15, 0.2) is 12.7 Å². The van der Waals surface area contributed by atoms with Crippen LogP contribution >= 0.6 is 0 Å². The molecule has 1 aliphatic rings. The van der Waals surface area contributed by atoms with Gasteiger partial charge in [-0.15, -0.1) is 6.58 Å². The maximum atomic E-state index is 12.2. The third kappa shape index (κ3) is 2.81. The normalized spacial score (nSPS) is 25.6. The van der Waals surface area contributed by atoms with Gasteiger partial charge in [0.1, 0.15) is 0 Å². The summed E-state index contributed by atoms with van der Waals surface area (Å²) in [6.07, 6.45) is 2.88. The lowest BCUT2D eigenvalue weighted by Crippen LogP contribution is -2.48. The Morgan fingerprint density at radius 2 is 2.33 bits per heavy atom. The third-order valence-electron chi connectivity index (χ3n) is 3.03. The summed E-state index contributed by atoms with van der Waals surface area (Å²) in [4.78, 5) is 14.1. The molecular weight excluding hydrogens is 188 g/mol. The van der Waals surface area contributed by atoms with Gasteiger partial charge in [0.05, 0.1) is 6.04 Å². The Balaban J connectivity index is 2.66. The second-order valence-electron chi connectivity index (χ2n) is 4.57. The zero-order valence-corrected chi connectivity index (χ0v) is 9.99. The van der Waals surface area contributed by atoms with Crippen molar-refractivity contribution in [3.63, 3.8) is 0 Å². The summed E-state index contributed by atoms with van der Waals surface area (Å²) < 4.78 is 0. The standard InChI is InChI=1S/C12H22N2O/c1-5-8-14(9(2)3)12(15)11-10(4)6-7-13-11/h5,9-11,13H,1,6-8H2,2-4H3. The van der Waals surface area contributed by atoms with Crippen molar-refractivity contribution in [2.24, 2.45) is 5.92 Å². The molecule has 2 unspecified atom stereocenters. The molecule has 1 rings (SSSR count). The van der Waals surface area contributed by atoms with Crippen LogP contribution < -0.4 is 5.32 Å². The lowest BCUT2D eigenvalue weighted by atomic mass is 10.0. The Morgan fingerprint density at radius 1 is 1.67 bits per heavy atom. The molecule has 0 radical (unpaired) electrons. The van der Waals surface area contributed by atoms with Crippen molar-refractivity contribution in [2.45, 2.75) is 39.3 Å². The van der Waals surface area contributed by atoms with Crippen LogP contribution in [-0.4, -0.2) is 36.0 Å². The lowest BCUT2D eigenvalue weighted by molar-refractivity contribution is -0.135. The summed E-state index contributed by atoms with van der Waals surface area (Å²) in [6.45, 7) is 11.5. The van der Waals surface area contributed by atoms with Crippen molar-refractivity contribution < 1.29 is 4.79 Å². The quantitative estimate of drug-likeness (QED) is 0.712. The predicted molar refractivity (Wildman–Crippen MR) is 62.6 cm³/mol. The molecule has 0 spiro atoms. The molecule has 2 atom stereocenters. The number of nitrogens with zero attached hydrogens (tertiary/aromatic N) is 1. The van der Waals surface area contributed by atoms with Crippen LogP contribution in [0.2, 0.25) is 0 Å². The first kappa shape index (κ1) is 12.2. The Morgan fingerprint density at radius 3 is 2.73 bits per heavy atom. The highest BCUT2D eigenvalue weighted by Gasteiger charge is 2.32. The van der Waals surface area contributed by atoms with Crippen molar-refractivity contribution in [1.82, 2.24) is 10.2 Å². The number of nitrogens with one attached hydrogen (secondary N) is 1. The van der Waals surface area contributed by atoms with E-state index in [0.717, 1.165) is 13.0 Å². The first-order valence-electron chi connectivity index (χ1n) is 5.72. The van der Waals surface area contributed by atoms with E-state index in [-0.39, 0.29) is 18.0 Å². The molecule has 0 aliphatic carbocycles. The van der Waals surface area contributed by atoms with E-state index in [0.29, 0.717) is 12.5 Å². The Bertz CT molecular complexity index is 238. The second-order valence-corrected chi connectivity index (χ2v) is 4.57. The highest BCUT2D eigenvalue weighted by molar-refractivity contribution is 5.83. The molecule has 0 aromatic heterocycles. The first-order chi connectivity index (χ1) is 7.07. The van der Waals surface area contributed by atoms with E-state index in [4.69, 9.17) is 0 Å². The van der Waals surface area contributed by atoms with E-state index in [1.54, 1.807) is 6.08 Å². The highest BCUT2D eigenvalue weighted by atomic mass is 16.2. The van der Waals surface area contributed by atoms with E-state index in [1.807, 2.05) is 18.7 Å². The van der Waals surface area contributed by atoms with Gasteiger partial charge in [0, 0.05) is 12.6 Å². The number of carbonyl (C=O) groups is 1. The molecule has 1 amide bonds. The minimum Gasteiger partial charge on any atom is -0.335 e. The summed E-state index contributed by atoms with van der Waals surface area (Å²) in [5.41, 5.74) is 0. The smallest absolute Gasteiger partial charge is 0.240 e. The van der Waals surface area contributed by atoms with Gasteiger partial charge in [-0.05, 0) is 32.7 Å². The van der Waals surface area contributed by atoms with E-state index in [2.05, 4.69) is 18.8 Å². The van der Waals surface area contributed by atoms with E-state index in [9.17, 15) is 4.79 Å². The number of amides is 1. The summed E-state index contributed by atoms with van der Waals surface area (Å²) in [7, 11) is 0. The highest BCUT2D eigenvalue weighted by Crippen LogP contribution is 2.17. The molecule has 1 saturated heterocycles. The van der Waals surface area contributed by atoms with Gasteiger partial charge in [-0.3, -0.25) is 4.79 Å². The van der Waals surface area contributed by atoms with Gasteiger partial charge in [-0.2, -0.15) is 0 Å². The molecular formula is C12H22N2O. The van der Waals surface area contributed by atoms with Crippen molar-refractivity contribution in [2.75, 3.05) is 13.1 Å². The summed E-state index contributed by atoms with van der Waals surface area (Å²) in [5, 5.41) is 3.27. The zero-order valence-electron chi connectivity index (χ0n) is 9.99. The van der Waals surface area contributed by atoms with Crippen LogP contribution in [-0.2, 0) is 4.79 Å². The predicted octanol–water partition coefficient (Wildman–Crippen LogP) is 1.41. The van der Waals surface area contributed by atoms with Gasteiger partial charge in [0.25, 0.3) is 0 Å². The molecule has 1 heterocycles. The summed E-state index contributed by atoms with van der Waals surface area (Å²) in [6, 6.07) is 0.248. The van der Waals surface area contributed by atoms with Crippen LogP contribution in [0.4, 0.5) is 0 Å². The molecule has 0 bridgehead atoms. The Kier molecular flexibility index (Phi) is 4.33. The molecule has 0 saturated carbocycles. The fourth-order valence-electron chi connectivity index (χ4n) is 2.04. The first-order valence-corrected chi connectivity index (χ1v) is 5.72. The molecule has 1 fully saturated rings. The van der Waals surface area contributed by atoms with Gasteiger partial charge in [-0.1, -0.05) is 13.0 Å². The molecule has 0 aromatic rings. The minimum atomic E-state index is 0.00681. The van der Waals surface area contributed by atoms with Crippen LogP contribution in [0.5, 0.6) is 0 Å². The zero-order chi connectivity index (χ0) is 11.4. The molecule has 3 heteroatoms. The summed E-state index contributed by atoms with van der Waals surface area (Å²) in [5.74, 6) is 0.665. The SMILES string of the molecule is C=CCN(C(=O)C1NCCC1C)C(C)C. The van der Waals surface area contributed by atoms with Crippen molar-refractivity contribution in [1.29, 1.82) is 0 Å². The topological polar surface area (TPSA) is 32.3 Å². The summed E-state index contributed by atoms with van der Waals surface area (Å²) >= 11 is 0. The monoisotopic (exact) mass is 210 g/mol. The maximum absolute atomic E-state index is 12.2. The Labute approximate surface area is 92.5 Å². The average molecular weight is 210 g/mol. The van der Waals surface area contributed by atoms with E-state index >= 15 is 0 Å². The Hall–Kier alpha value is -0.830. The van der Waals surface area contributed by atoms with Gasteiger partial charge in [-0.25, -0.2) is 0 Å². The van der Waals surface area contributed by atoms with E-state index < -0.39 is 0 Å². The van der Waals surface area contributed by atoms with E-state index in [1.165, 1.54) is 0 Å². The molecule has 1 N–H and O–H groups in total. The van der Waals surface area contributed by atoms with Crippen molar-refractivity contribution in [3.8, 4) is 0 Å². The van der Waals surface area contributed by atoms with Gasteiger partial charge < -0.3 is 10.2 Å². The van der Waals surface area contributed by atoms with Crippen LogP contribution in [0.3, 0.4) is 0 Å². The van der Waals surface area contributed by atoms with Crippen molar-refractivity contribution in [3.05, 3.63) is 12.7 Å². The van der Waals surface area contributed by atoms with Gasteiger partial charge in [0.15, 0.2) is 0 Å². The lowest BCUT2D eigenvalue weighted by Gasteiger charge is -2.29. The van der Waals surface area contributed by atoms with Crippen LogP contribution in [0, 0.1) is 5.92 Å². The molecule has 86 valence electrons. The number of hydrogen-bond donors (Lipinski definition) is 1. The van der Waals surface area contributed by atoms with Gasteiger partial charge >= 0.3 is 0 Å². The van der Waals surface area contributed by atoms with Crippen molar-refractivity contribution >= 4 is 5.91 Å². The van der Waals surface area contributed by atoms with Crippen LogP contribution in [0.25, 0.3) is 0 Å². The largest absolute Gasteiger partial charge is 0.335 e. The van der Waals surface area contributed by atoms with Crippen LogP contribution in [0.1, 0.15) is 27.2 Å². The van der Waals surface area contributed by atoms with Gasteiger partial charge in [0.2, 0.25) is 5.91 Å². The average Bonchev–Trinajstić information content (AvgIpc) is 2.59. The third-order valence-corrected chi connectivity index (χ3v) is 3.03. The molecule has 15 heavy (non-hydrogen) atoms. The number of rotatable bonds is 4. The maximum Gasteiger partial charge on any atom is 0.240 e. The number of carbonyl (C=O) groups excluding carboxylic acids is 1. The minimum absolute atomic E-state index is 0.00681. The fraction of sp³-hybridized carbons (Fsp3) is 0.750. The molecule has 3 nitrogen and oxygen atoms in total.